The second kappa shape index (κ2) is 12.9. The van der Waals surface area contributed by atoms with Crippen LogP contribution in [-0.4, -0.2) is 36.4 Å². The largest absolute Gasteiger partial charge is 0.497 e. The van der Waals surface area contributed by atoms with Gasteiger partial charge in [0.2, 0.25) is 11.8 Å². The molecule has 2 rings (SSSR count). The maximum Gasteiger partial charge on any atom is 0.242 e. The second-order valence-electron chi connectivity index (χ2n) is 8.48. The lowest BCUT2D eigenvalue weighted by atomic mass is 10.00. The Labute approximate surface area is 193 Å². The number of carbonyl (C=O) groups excluding carboxylic acids is 2. The van der Waals surface area contributed by atoms with Gasteiger partial charge in [0.15, 0.2) is 0 Å². The molecule has 1 atom stereocenters. The molecule has 0 aliphatic rings. The molecular weight excluding hydrogens is 400 g/mol. The minimum Gasteiger partial charge on any atom is -0.497 e. The lowest BCUT2D eigenvalue weighted by Crippen LogP contribution is -2.49. The van der Waals surface area contributed by atoms with Crippen molar-refractivity contribution in [2.24, 2.45) is 0 Å². The average Bonchev–Trinajstić information content (AvgIpc) is 2.81. The van der Waals surface area contributed by atoms with Crippen LogP contribution in [0.2, 0.25) is 0 Å². The quantitative estimate of drug-likeness (QED) is 0.502. The third-order valence-corrected chi connectivity index (χ3v) is 5.72. The summed E-state index contributed by atoms with van der Waals surface area (Å²) in [6.07, 6.45) is 2.46. The first-order valence-electron chi connectivity index (χ1n) is 11.7. The molecule has 32 heavy (non-hydrogen) atoms. The van der Waals surface area contributed by atoms with E-state index in [1.54, 1.807) is 12.0 Å². The van der Waals surface area contributed by atoms with Crippen molar-refractivity contribution in [2.45, 2.75) is 71.9 Å². The fourth-order valence-electron chi connectivity index (χ4n) is 3.68. The van der Waals surface area contributed by atoms with Gasteiger partial charge in [-0.2, -0.15) is 0 Å². The van der Waals surface area contributed by atoms with Crippen molar-refractivity contribution in [3.05, 3.63) is 65.2 Å². The van der Waals surface area contributed by atoms with E-state index in [0.29, 0.717) is 38.3 Å². The predicted molar refractivity (Wildman–Crippen MR) is 130 cm³/mol. The Bertz CT molecular complexity index is 844. The SMILES string of the molecule is CCCNC(=O)C(CC)N(Cc1ccc(OC)cc1)C(=O)CCc1ccc(C(C)C)cc1. The first-order chi connectivity index (χ1) is 15.4. The summed E-state index contributed by atoms with van der Waals surface area (Å²) in [5.74, 6) is 1.16. The van der Waals surface area contributed by atoms with E-state index < -0.39 is 6.04 Å². The first kappa shape index (κ1) is 25.4. The van der Waals surface area contributed by atoms with E-state index in [9.17, 15) is 9.59 Å². The molecule has 0 heterocycles. The Balaban J connectivity index is 2.16. The van der Waals surface area contributed by atoms with Crippen LogP contribution in [0, 0.1) is 0 Å². The molecule has 1 unspecified atom stereocenters. The van der Waals surface area contributed by atoms with Gasteiger partial charge in [0.25, 0.3) is 0 Å². The molecule has 0 fully saturated rings. The lowest BCUT2D eigenvalue weighted by molar-refractivity contribution is -0.141. The zero-order chi connectivity index (χ0) is 23.5. The van der Waals surface area contributed by atoms with Crippen LogP contribution in [0.1, 0.15) is 69.6 Å². The topological polar surface area (TPSA) is 58.6 Å². The molecule has 5 nitrogen and oxygen atoms in total. The highest BCUT2D eigenvalue weighted by atomic mass is 16.5. The van der Waals surface area contributed by atoms with Crippen molar-refractivity contribution in [3.8, 4) is 5.75 Å². The maximum absolute atomic E-state index is 13.3. The molecule has 0 saturated heterocycles. The number of nitrogens with zero attached hydrogens (tertiary/aromatic N) is 1. The van der Waals surface area contributed by atoms with Crippen molar-refractivity contribution < 1.29 is 14.3 Å². The molecule has 0 aliphatic carbocycles. The van der Waals surface area contributed by atoms with Gasteiger partial charge in [-0.1, -0.05) is 64.1 Å². The Morgan fingerprint density at radius 1 is 0.969 bits per heavy atom. The van der Waals surface area contributed by atoms with Crippen molar-refractivity contribution >= 4 is 11.8 Å². The van der Waals surface area contributed by atoms with E-state index >= 15 is 0 Å². The van der Waals surface area contributed by atoms with Crippen LogP contribution < -0.4 is 10.1 Å². The molecule has 0 bridgehead atoms. The summed E-state index contributed by atoms with van der Waals surface area (Å²) in [5.41, 5.74) is 3.40. The summed E-state index contributed by atoms with van der Waals surface area (Å²) < 4.78 is 5.24. The smallest absolute Gasteiger partial charge is 0.242 e. The van der Waals surface area contributed by atoms with Crippen molar-refractivity contribution in [3.63, 3.8) is 0 Å². The molecule has 0 aliphatic heterocycles. The van der Waals surface area contributed by atoms with Crippen LogP contribution in [0.25, 0.3) is 0 Å². The summed E-state index contributed by atoms with van der Waals surface area (Å²) in [5, 5.41) is 2.96. The van der Waals surface area contributed by atoms with Gasteiger partial charge in [-0.25, -0.2) is 0 Å². The molecule has 2 aromatic rings. The van der Waals surface area contributed by atoms with E-state index in [4.69, 9.17) is 4.74 Å². The third-order valence-electron chi connectivity index (χ3n) is 5.72. The molecule has 174 valence electrons. The molecule has 2 amide bonds. The first-order valence-corrected chi connectivity index (χ1v) is 11.7. The number of nitrogens with one attached hydrogen (secondary N) is 1. The van der Waals surface area contributed by atoms with Gasteiger partial charge in [-0.3, -0.25) is 9.59 Å². The number of benzene rings is 2. The van der Waals surface area contributed by atoms with Crippen molar-refractivity contribution in [2.75, 3.05) is 13.7 Å². The van der Waals surface area contributed by atoms with Crippen LogP contribution >= 0.6 is 0 Å². The van der Waals surface area contributed by atoms with Crippen LogP contribution in [0.5, 0.6) is 5.75 Å². The number of rotatable bonds is 12. The van der Waals surface area contributed by atoms with Gasteiger partial charge in [0.1, 0.15) is 11.8 Å². The number of methoxy groups -OCH3 is 1. The van der Waals surface area contributed by atoms with Crippen LogP contribution in [0.15, 0.2) is 48.5 Å². The van der Waals surface area contributed by atoms with Gasteiger partial charge in [0.05, 0.1) is 7.11 Å². The van der Waals surface area contributed by atoms with E-state index in [1.807, 2.05) is 38.1 Å². The van der Waals surface area contributed by atoms with E-state index in [-0.39, 0.29) is 11.8 Å². The van der Waals surface area contributed by atoms with Crippen molar-refractivity contribution in [1.29, 1.82) is 0 Å². The molecule has 0 saturated carbocycles. The lowest BCUT2D eigenvalue weighted by Gasteiger charge is -2.31. The van der Waals surface area contributed by atoms with Crippen LogP contribution in [-0.2, 0) is 22.6 Å². The summed E-state index contributed by atoms with van der Waals surface area (Å²) in [7, 11) is 1.63. The van der Waals surface area contributed by atoms with Crippen LogP contribution in [0.3, 0.4) is 0 Å². The summed E-state index contributed by atoms with van der Waals surface area (Å²) in [6.45, 7) is 9.32. The number of ether oxygens (including phenoxy) is 1. The zero-order valence-corrected chi connectivity index (χ0v) is 20.2. The standard InChI is InChI=1S/C27H38N2O3/c1-6-18-28-27(31)25(7-2)29(19-22-10-15-24(32-5)16-11-22)26(30)17-12-21-8-13-23(14-9-21)20(3)4/h8-11,13-16,20,25H,6-7,12,17-19H2,1-5H3,(H,28,31). The molecule has 0 spiro atoms. The minimum atomic E-state index is -0.487. The Morgan fingerprint density at radius 3 is 2.12 bits per heavy atom. The highest BCUT2D eigenvalue weighted by Gasteiger charge is 2.28. The van der Waals surface area contributed by atoms with E-state index in [1.165, 1.54) is 5.56 Å². The van der Waals surface area contributed by atoms with Gasteiger partial charge >= 0.3 is 0 Å². The van der Waals surface area contributed by atoms with Gasteiger partial charge in [-0.05, 0) is 54.0 Å². The fraction of sp³-hybridized carbons (Fsp3) is 0.481. The summed E-state index contributed by atoms with van der Waals surface area (Å²) in [6, 6.07) is 15.6. The number of hydrogen-bond acceptors (Lipinski definition) is 3. The minimum absolute atomic E-state index is 0.00717. The normalized spacial score (nSPS) is 11.8. The zero-order valence-electron chi connectivity index (χ0n) is 20.2. The van der Waals surface area contributed by atoms with Crippen molar-refractivity contribution in [1.82, 2.24) is 10.2 Å². The molecule has 2 aromatic carbocycles. The molecule has 5 heteroatoms. The molecule has 0 aromatic heterocycles. The predicted octanol–water partition coefficient (Wildman–Crippen LogP) is 5.08. The number of hydrogen-bond donors (Lipinski definition) is 1. The number of aryl methyl sites for hydroxylation is 1. The fourth-order valence-corrected chi connectivity index (χ4v) is 3.68. The second-order valence-corrected chi connectivity index (χ2v) is 8.48. The molecule has 1 N–H and O–H groups in total. The van der Waals surface area contributed by atoms with E-state index in [2.05, 4.69) is 43.4 Å². The van der Waals surface area contributed by atoms with Gasteiger partial charge < -0.3 is 15.0 Å². The highest BCUT2D eigenvalue weighted by molar-refractivity contribution is 5.87. The molecule has 0 radical (unpaired) electrons. The number of amides is 2. The van der Waals surface area contributed by atoms with Gasteiger partial charge in [0, 0.05) is 19.5 Å². The Hall–Kier alpha value is -2.82. The Morgan fingerprint density at radius 2 is 1.59 bits per heavy atom. The summed E-state index contributed by atoms with van der Waals surface area (Å²) >= 11 is 0. The third kappa shape index (κ3) is 7.40. The highest BCUT2D eigenvalue weighted by Crippen LogP contribution is 2.19. The van der Waals surface area contributed by atoms with Gasteiger partial charge in [-0.15, -0.1) is 0 Å². The number of carbonyl (C=O) groups is 2. The summed E-state index contributed by atoms with van der Waals surface area (Å²) in [4.78, 5) is 27.9. The maximum atomic E-state index is 13.3. The van der Waals surface area contributed by atoms with E-state index in [0.717, 1.165) is 23.3 Å². The monoisotopic (exact) mass is 438 g/mol. The van der Waals surface area contributed by atoms with Crippen LogP contribution in [0.4, 0.5) is 0 Å². The average molecular weight is 439 g/mol. The Kier molecular flexibility index (Phi) is 10.3. The molecular formula is C27H38N2O3.